The Balaban J connectivity index is 1.95. The highest BCUT2D eigenvalue weighted by Gasteiger charge is 2.10. The van der Waals surface area contributed by atoms with E-state index in [-0.39, 0.29) is 5.82 Å². The van der Waals surface area contributed by atoms with Crippen molar-refractivity contribution in [2.75, 3.05) is 12.8 Å². The number of benzene rings is 2. The molecule has 2 aromatic rings. The molecule has 2 aromatic carbocycles. The molecule has 0 fully saturated rings. The van der Waals surface area contributed by atoms with Gasteiger partial charge in [-0.3, -0.25) is 0 Å². The maximum Gasteiger partial charge on any atom is 0.123 e. The minimum Gasteiger partial charge on any atom is -0.316 e. The summed E-state index contributed by atoms with van der Waals surface area (Å²) >= 11 is 1.85. The van der Waals surface area contributed by atoms with Crippen molar-refractivity contribution in [3.8, 4) is 0 Å². The van der Waals surface area contributed by atoms with Gasteiger partial charge in [-0.2, -0.15) is 0 Å². The van der Waals surface area contributed by atoms with E-state index in [4.69, 9.17) is 0 Å². The fourth-order valence-electron chi connectivity index (χ4n) is 2.23. The summed E-state index contributed by atoms with van der Waals surface area (Å²) in [6, 6.07) is 14.0. The summed E-state index contributed by atoms with van der Waals surface area (Å²) in [4.78, 5) is 1.29. The van der Waals surface area contributed by atoms with Gasteiger partial charge in [0.25, 0.3) is 0 Å². The minimum atomic E-state index is -0.161. The second kappa shape index (κ2) is 7.62. The first-order valence-corrected chi connectivity index (χ1v) is 8.19. The van der Waals surface area contributed by atoms with E-state index in [2.05, 4.69) is 36.5 Å². The average Bonchev–Trinajstić information content (AvgIpc) is 2.47. The zero-order valence-electron chi connectivity index (χ0n) is 12.8. The highest BCUT2D eigenvalue weighted by molar-refractivity contribution is 7.99. The molecule has 1 unspecified atom stereocenters. The van der Waals surface area contributed by atoms with Crippen molar-refractivity contribution in [2.24, 2.45) is 0 Å². The lowest BCUT2D eigenvalue weighted by Gasteiger charge is -2.17. The molecule has 0 radical (unpaired) electrons. The molecule has 0 aliphatic heterocycles. The predicted molar refractivity (Wildman–Crippen MR) is 89.6 cm³/mol. The molecule has 0 amide bonds. The number of likely N-dealkylation sites (N-methyl/N-ethyl adjacent to an activating group) is 1. The summed E-state index contributed by atoms with van der Waals surface area (Å²) in [5.74, 6) is 0.836. The molecule has 112 valence electrons. The third-order valence-corrected chi connectivity index (χ3v) is 4.83. The van der Waals surface area contributed by atoms with Crippen LogP contribution < -0.4 is 5.32 Å². The number of aryl methyl sites for hydroxylation is 2. The Bertz CT molecular complexity index is 580. The molecule has 1 N–H and O–H groups in total. The monoisotopic (exact) mass is 303 g/mol. The van der Waals surface area contributed by atoms with E-state index in [1.54, 1.807) is 12.1 Å². The smallest absolute Gasteiger partial charge is 0.123 e. The summed E-state index contributed by atoms with van der Waals surface area (Å²) in [6.45, 7) is 4.07. The Hall–Kier alpha value is -1.32. The SMILES string of the molecule is CNC(CSc1ccc(C)cc1)Cc1ccc(F)cc1C. The third kappa shape index (κ3) is 4.87. The second-order valence-corrected chi connectivity index (χ2v) is 6.48. The number of hydrogen-bond donors (Lipinski definition) is 1. The Kier molecular flexibility index (Phi) is 5.83. The molecular formula is C18H22FNS. The number of halogens is 1. The summed E-state index contributed by atoms with van der Waals surface area (Å²) in [6.07, 6.45) is 0.918. The van der Waals surface area contributed by atoms with Crippen molar-refractivity contribution < 1.29 is 4.39 Å². The van der Waals surface area contributed by atoms with E-state index in [1.807, 2.05) is 31.8 Å². The number of thioether (sulfide) groups is 1. The number of hydrogen-bond acceptors (Lipinski definition) is 2. The van der Waals surface area contributed by atoms with Gasteiger partial charge < -0.3 is 5.32 Å². The molecule has 1 nitrogen and oxygen atoms in total. The molecule has 0 aliphatic carbocycles. The molecule has 0 spiro atoms. The summed E-state index contributed by atoms with van der Waals surface area (Å²) in [5, 5.41) is 3.36. The van der Waals surface area contributed by atoms with Gasteiger partial charge in [0.05, 0.1) is 0 Å². The first-order valence-electron chi connectivity index (χ1n) is 7.20. The van der Waals surface area contributed by atoms with Crippen LogP contribution in [0.4, 0.5) is 4.39 Å². The van der Waals surface area contributed by atoms with Gasteiger partial charge in [0.15, 0.2) is 0 Å². The van der Waals surface area contributed by atoms with Crippen LogP contribution >= 0.6 is 11.8 Å². The van der Waals surface area contributed by atoms with Crippen LogP contribution in [0.1, 0.15) is 16.7 Å². The lowest BCUT2D eigenvalue weighted by atomic mass is 10.0. The fourth-order valence-corrected chi connectivity index (χ4v) is 3.24. The number of nitrogens with one attached hydrogen (secondary N) is 1. The fraction of sp³-hybridized carbons (Fsp3) is 0.333. The normalized spacial score (nSPS) is 12.4. The van der Waals surface area contributed by atoms with Gasteiger partial charge in [-0.1, -0.05) is 23.8 Å². The summed E-state index contributed by atoms with van der Waals surface area (Å²) < 4.78 is 13.1. The number of rotatable bonds is 6. The van der Waals surface area contributed by atoms with Gasteiger partial charge in [-0.05, 0) is 62.7 Å². The van der Waals surface area contributed by atoms with Crippen molar-refractivity contribution in [2.45, 2.75) is 31.2 Å². The van der Waals surface area contributed by atoms with Crippen molar-refractivity contribution in [3.63, 3.8) is 0 Å². The quantitative estimate of drug-likeness (QED) is 0.796. The van der Waals surface area contributed by atoms with Gasteiger partial charge in [-0.15, -0.1) is 11.8 Å². The maximum atomic E-state index is 13.1. The topological polar surface area (TPSA) is 12.0 Å². The highest BCUT2D eigenvalue weighted by Crippen LogP contribution is 2.21. The molecule has 0 aliphatic rings. The third-order valence-electron chi connectivity index (χ3n) is 3.65. The Labute approximate surface area is 131 Å². The molecule has 0 bridgehead atoms. The molecule has 0 aromatic heterocycles. The molecule has 0 heterocycles. The van der Waals surface area contributed by atoms with Crippen LogP contribution in [0.2, 0.25) is 0 Å². The minimum absolute atomic E-state index is 0.161. The van der Waals surface area contributed by atoms with Gasteiger partial charge >= 0.3 is 0 Å². The molecule has 3 heteroatoms. The van der Waals surface area contributed by atoms with Crippen LogP contribution in [0.15, 0.2) is 47.4 Å². The van der Waals surface area contributed by atoms with Gasteiger partial charge in [-0.25, -0.2) is 4.39 Å². The lowest BCUT2D eigenvalue weighted by molar-refractivity contribution is 0.607. The first kappa shape index (κ1) is 16.1. The first-order chi connectivity index (χ1) is 10.1. The van der Waals surface area contributed by atoms with Crippen LogP contribution in [0.3, 0.4) is 0 Å². The van der Waals surface area contributed by atoms with Crippen molar-refractivity contribution in [1.29, 1.82) is 0 Å². The van der Waals surface area contributed by atoms with E-state index in [0.29, 0.717) is 6.04 Å². The molecule has 21 heavy (non-hydrogen) atoms. The molecule has 0 saturated carbocycles. The van der Waals surface area contributed by atoms with Crippen molar-refractivity contribution in [1.82, 2.24) is 5.32 Å². The van der Waals surface area contributed by atoms with Crippen molar-refractivity contribution in [3.05, 3.63) is 65.0 Å². The average molecular weight is 303 g/mol. The largest absolute Gasteiger partial charge is 0.316 e. The standard InChI is InChI=1S/C18H22FNS/c1-13-4-8-18(9-5-13)21-12-17(20-3)11-15-6-7-16(19)10-14(15)2/h4-10,17,20H,11-12H2,1-3H3. The zero-order valence-corrected chi connectivity index (χ0v) is 13.6. The predicted octanol–water partition coefficient (Wildman–Crippen LogP) is 4.37. The molecule has 1 atom stereocenters. The Morgan fingerprint density at radius 1 is 1.10 bits per heavy atom. The lowest BCUT2D eigenvalue weighted by Crippen LogP contribution is -2.30. The zero-order chi connectivity index (χ0) is 15.2. The van der Waals surface area contributed by atoms with Crippen LogP contribution in [-0.2, 0) is 6.42 Å². The summed E-state index contributed by atoms with van der Waals surface area (Å²) in [5.41, 5.74) is 3.52. The maximum absolute atomic E-state index is 13.1. The van der Waals surface area contributed by atoms with Crippen LogP contribution in [0.5, 0.6) is 0 Å². The van der Waals surface area contributed by atoms with Gasteiger partial charge in [0.1, 0.15) is 5.82 Å². The Morgan fingerprint density at radius 3 is 2.43 bits per heavy atom. The van der Waals surface area contributed by atoms with E-state index >= 15 is 0 Å². The molecule has 0 saturated heterocycles. The van der Waals surface area contributed by atoms with Gasteiger partial charge in [0, 0.05) is 16.7 Å². The molecule has 2 rings (SSSR count). The van der Waals surface area contributed by atoms with E-state index in [1.165, 1.54) is 16.0 Å². The van der Waals surface area contributed by atoms with E-state index in [9.17, 15) is 4.39 Å². The molecular weight excluding hydrogens is 281 g/mol. The van der Waals surface area contributed by atoms with Gasteiger partial charge in [0.2, 0.25) is 0 Å². The van der Waals surface area contributed by atoms with Crippen LogP contribution in [0.25, 0.3) is 0 Å². The van der Waals surface area contributed by atoms with Crippen LogP contribution in [-0.4, -0.2) is 18.8 Å². The highest BCUT2D eigenvalue weighted by atomic mass is 32.2. The van der Waals surface area contributed by atoms with Crippen molar-refractivity contribution >= 4 is 11.8 Å². The van der Waals surface area contributed by atoms with Crippen LogP contribution in [0, 0.1) is 19.7 Å². The van der Waals surface area contributed by atoms with E-state index in [0.717, 1.165) is 17.7 Å². The second-order valence-electron chi connectivity index (χ2n) is 5.38. The Morgan fingerprint density at radius 2 is 1.81 bits per heavy atom. The summed E-state index contributed by atoms with van der Waals surface area (Å²) in [7, 11) is 1.99. The van der Waals surface area contributed by atoms with E-state index < -0.39 is 0 Å².